The zero-order valence-electron chi connectivity index (χ0n) is 11.9. The van der Waals surface area contributed by atoms with E-state index >= 15 is 0 Å². The highest BCUT2D eigenvalue weighted by atomic mass is 32.2. The zero-order chi connectivity index (χ0) is 14.4. The Bertz CT molecular complexity index is 465. The van der Waals surface area contributed by atoms with Gasteiger partial charge in [0.15, 0.2) is 9.84 Å². The third-order valence-corrected chi connectivity index (χ3v) is 6.35. The average Bonchev–Trinajstić information content (AvgIpc) is 2.99. The normalized spacial score (nSPS) is 20.7. The zero-order valence-corrected chi connectivity index (χ0v) is 12.7. The average molecular weight is 300 g/mol. The summed E-state index contributed by atoms with van der Waals surface area (Å²) < 4.78 is 24.1. The maximum absolute atomic E-state index is 12.0. The summed E-state index contributed by atoms with van der Waals surface area (Å²) in [6, 6.07) is 0. The molecule has 5 nitrogen and oxygen atoms in total. The maximum atomic E-state index is 12.0. The standard InChI is InChI=1S/C14H24N2O3S/c17-14(16-11-12-5-8-15-9-6-12)7-10-20(18,19)13-3-1-2-4-13/h5,13,15H,1-4,6-11H2,(H,16,17). The second kappa shape index (κ2) is 7.22. The van der Waals surface area contributed by atoms with E-state index in [0.29, 0.717) is 6.54 Å². The van der Waals surface area contributed by atoms with Crippen LogP contribution >= 0.6 is 0 Å². The van der Waals surface area contributed by atoms with Crippen LogP contribution in [-0.4, -0.2) is 45.0 Å². The Labute approximate surface area is 121 Å². The summed E-state index contributed by atoms with van der Waals surface area (Å²) in [4.78, 5) is 11.7. The van der Waals surface area contributed by atoms with Crippen molar-refractivity contribution in [3.63, 3.8) is 0 Å². The van der Waals surface area contributed by atoms with Gasteiger partial charge in [-0.2, -0.15) is 0 Å². The molecule has 1 aliphatic carbocycles. The van der Waals surface area contributed by atoms with Gasteiger partial charge in [-0.3, -0.25) is 4.79 Å². The molecule has 1 heterocycles. The van der Waals surface area contributed by atoms with E-state index in [0.717, 1.165) is 45.2 Å². The van der Waals surface area contributed by atoms with E-state index in [4.69, 9.17) is 0 Å². The van der Waals surface area contributed by atoms with Crippen LogP contribution in [0.3, 0.4) is 0 Å². The van der Waals surface area contributed by atoms with E-state index in [1.165, 1.54) is 5.57 Å². The lowest BCUT2D eigenvalue weighted by Gasteiger charge is -2.15. The molecule has 6 heteroatoms. The van der Waals surface area contributed by atoms with Gasteiger partial charge >= 0.3 is 0 Å². The van der Waals surface area contributed by atoms with E-state index in [-0.39, 0.29) is 23.3 Å². The van der Waals surface area contributed by atoms with Gasteiger partial charge < -0.3 is 10.6 Å². The molecule has 0 unspecified atom stereocenters. The number of rotatable bonds is 6. The molecule has 114 valence electrons. The lowest BCUT2D eigenvalue weighted by Crippen LogP contribution is -2.31. The van der Waals surface area contributed by atoms with Gasteiger partial charge in [0, 0.05) is 19.5 Å². The monoisotopic (exact) mass is 300 g/mol. The van der Waals surface area contributed by atoms with E-state index < -0.39 is 9.84 Å². The largest absolute Gasteiger partial charge is 0.352 e. The molecule has 1 saturated carbocycles. The van der Waals surface area contributed by atoms with Gasteiger partial charge in [-0.25, -0.2) is 8.42 Å². The Hall–Kier alpha value is -0.880. The predicted octanol–water partition coefficient (Wildman–Crippen LogP) is 0.770. The van der Waals surface area contributed by atoms with Crippen LogP contribution in [0.4, 0.5) is 0 Å². The number of sulfone groups is 1. The van der Waals surface area contributed by atoms with Crippen molar-refractivity contribution in [2.75, 3.05) is 25.4 Å². The molecular formula is C14H24N2O3S. The van der Waals surface area contributed by atoms with E-state index in [1.807, 2.05) is 0 Å². The molecule has 20 heavy (non-hydrogen) atoms. The SMILES string of the molecule is O=C(CCS(=O)(=O)C1CCCC1)NCC1=CCNCC1. The van der Waals surface area contributed by atoms with Crippen LogP contribution in [0, 0.1) is 0 Å². The molecule has 0 atom stereocenters. The highest BCUT2D eigenvalue weighted by molar-refractivity contribution is 7.92. The molecule has 0 aromatic rings. The molecule has 0 bridgehead atoms. The first-order chi connectivity index (χ1) is 9.58. The van der Waals surface area contributed by atoms with Crippen LogP contribution in [0.1, 0.15) is 38.5 Å². The fraction of sp³-hybridized carbons (Fsp3) is 0.786. The van der Waals surface area contributed by atoms with Crippen LogP contribution in [0.15, 0.2) is 11.6 Å². The Balaban J connectivity index is 1.70. The predicted molar refractivity (Wildman–Crippen MR) is 79.2 cm³/mol. The van der Waals surface area contributed by atoms with Gasteiger partial charge in [-0.05, 0) is 25.8 Å². The fourth-order valence-corrected chi connectivity index (χ4v) is 4.63. The van der Waals surface area contributed by atoms with E-state index in [2.05, 4.69) is 16.7 Å². The number of amides is 1. The van der Waals surface area contributed by atoms with Crippen LogP contribution < -0.4 is 10.6 Å². The van der Waals surface area contributed by atoms with Crippen molar-refractivity contribution in [2.24, 2.45) is 0 Å². The molecule has 1 amide bonds. The van der Waals surface area contributed by atoms with Crippen molar-refractivity contribution in [1.82, 2.24) is 10.6 Å². The first kappa shape index (κ1) is 15.5. The highest BCUT2D eigenvalue weighted by Crippen LogP contribution is 2.25. The number of hydrogen-bond donors (Lipinski definition) is 2. The summed E-state index contributed by atoms with van der Waals surface area (Å²) in [5.74, 6) is -0.171. The van der Waals surface area contributed by atoms with Crippen molar-refractivity contribution < 1.29 is 13.2 Å². The van der Waals surface area contributed by atoms with E-state index in [1.54, 1.807) is 0 Å². The van der Waals surface area contributed by atoms with Crippen molar-refractivity contribution in [3.05, 3.63) is 11.6 Å². The summed E-state index contributed by atoms with van der Waals surface area (Å²) in [7, 11) is -3.08. The molecule has 0 saturated heterocycles. The second-order valence-corrected chi connectivity index (χ2v) is 8.02. The summed E-state index contributed by atoms with van der Waals surface area (Å²) in [5.41, 5.74) is 1.22. The Kier molecular flexibility index (Phi) is 5.60. The minimum Gasteiger partial charge on any atom is -0.352 e. The van der Waals surface area contributed by atoms with Gasteiger partial charge in [-0.15, -0.1) is 0 Å². The van der Waals surface area contributed by atoms with Crippen molar-refractivity contribution >= 4 is 15.7 Å². The lowest BCUT2D eigenvalue weighted by atomic mass is 10.1. The molecule has 0 aromatic carbocycles. The number of carbonyl (C=O) groups excluding carboxylic acids is 1. The Morgan fingerprint density at radius 1 is 1.35 bits per heavy atom. The molecule has 0 radical (unpaired) electrons. The van der Waals surface area contributed by atoms with Gasteiger partial charge in [0.1, 0.15) is 0 Å². The first-order valence-electron chi connectivity index (χ1n) is 7.45. The third kappa shape index (κ3) is 4.59. The fourth-order valence-electron chi connectivity index (χ4n) is 2.78. The summed E-state index contributed by atoms with van der Waals surface area (Å²) in [5, 5.41) is 5.82. The summed E-state index contributed by atoms with van der Waals surface area (Å²) in [6.45, 7) is 2.34. The molecule has 2 N–H and O–H groups in total. The van der Waals surface area contributed by atoms with Gasteiger partial charge in [0.25, 0.3) is 0 Å². The Morgan fingerprint density at radius 3 is 2.75 bits per heavy atom. The minimum absolute atomic E-state index is 0.00982. The topological polar surface area (TPSA) is 75.3 Å². The molecule has 1 fully saturated rings. The summed E-state index contributed by atoms with van der Waals surface area (Å²) in [6.07, 6.45) is 6.65. The molecular weight excluding hydrogens is 276 g/mol. The molecule has 2 aliphatic rings. The van der Waals surface area contributed by atoms with Crippen molar-refractivity contribution in [1.29, 1.82) is 0 Å². The van der Waals surface area contributed by atoms with Gasteiger partial charge in [0.05, 0.1) is 11.0 Å². The van der Waals surface area contributed by atoms with Gasteiger partial charge in [-0.1, -0.05) is 24.5 Å². The molecule has 1 aliphatic heterocycles. The second-order valence-electron chi connectivity index (χ2n) is 5.62. The number of carbonyl (C=O) groups is 1. The maximum Gasteiger partial charge on any atom is 0.221 e. The molecule has 0 aromatic heterocycles. The van der Waals surface area contributed by atoms with Crippen molar-refractivity contribution in [3.8, 4) is 0 Å². The van der Waals surface area contributed by atoms with Crippen LogP contribution in [0.25, 0.3) is 0 Å². The minimum atomic E-state index is -3.08. The molecule has 0 spiro atoms. The quantitative estimate of drug-likeness (QED) is 0.711. The first-order valence-corrected chi connectivity index (χ1v) is 9.16. The van der Waals surface area contributed by atoms with E-state index in [9.17, 15) is 13.2 Å². The lowest BCUT2D eigenvalue weighted by molar-refractivity contribution is -0.120. The smallest absolute Gasteiger partial charge is 0.221 e. The molecule has 2 rings (SSSR count). The summed E-state index contributed by atoms with van der Waals surface area (Å²) >= 11 is 0. The van der Waals surface area contributed by atoms with Crippen LogP contribution in [0.2, 0.25) is 0 Å². The Morgan fingerprint density at radius 2 is 2.10 bits per heavy atom. The van der Waals surface area contributed by atoms with Crippen LogP contribution in [-0.2, 0) is 14.6 Å². The van der Waals surface area contributed by atoms with Crippen molar-refractivity contribution in [2.45, 2.75) is 43.8 Å². The number of hydrogen-bond acceptors (Lipinski definition) is 4. The third-order valence-electron chi connectivity index (χ3n) is 4.09. The van der Waals surface area contributed by atoms with Gasteiger partial charge in [0.2, 0.25) is 5.91 Å². The number of nitrogens with one attached hydrogen (secondary N) is 2. The van der Waals surface area contributed by atoms with Crippen LogP contribution in [0.5, 0.6) is 0 Å². The highest BCUT2D eigenvalue weighted by Gasteiger charge is 2.28.